The Labute approximate surface area is 129 Å². The standard InChI is InChI=1S/C14H19N3O3.ClH/c1-8-12(18)17-10-6-9(4-5-11(10)20-8)16-13(19)14(2,3)7-15;/h4-6,8H,7,15H2,1-3H3,(H,16,19)(H,17,18);1H. The third kappa shape index (κ3) is 3.65. The van der Waals surface area contributed by atoms with Crippen LogP contribution in [-0.2, 0) is 9.59 Å². The monoisotopic (exact) mass is 313 g/mol. The number of nitrogens with one attached hydrogen (secondary N) is 2. The van der Waals surface area contributed by atoms with Crippen molar-refractivity contribution in [2.45, 2.75) is 26.9 Å². The van der Waals surface area contributed by atoms with E-state index in [9.17, 15) is 9.59 Å². The molecule has 0 bridgehead atoms. The molecule has 1 aliphatic rings. The average Bonchev–Trinajstić information content (AvgIpc) is 2.40. The van der Waals surface area contributed by atoms with E-state index >= 15 is 0 Å². The molecule has 21 heavy (non-hydrogen) atoms. The summed E-state index contributed by atoms with van der Waals surface area (Å²) >= 11 is 0. The minimum absolute atomic E-state index is 0. The summed E-state index contributed by atoms with van der Waals surface area (Å²) in [4.78, 5) is 23.6. The lowest BCUT2D eigenvalue weighted by molar-refractivity contribution is -0.123. The lowest BCUT2D eigenvalue weighted by Gasteiger charge is -2.25. The van der Waals surface area contributed by atoms with Crippen molar-refractivity contribution < 1.29 is 14.3 Å². The van der Waals surface area contributed by atoms with E-state index in [2.05, 4.69) is 10.6 Å². The maximum absolute atomic E-state index is 12.0. The van der Waals surface area contributed by atoms with Crippen molar-refractivity contribution in [3.05, 3.63) is 18.2 Å². The highest BCUT2D eigenvalue weighted by Gasteiger charge is 2.27. The molecule has 0 saturated heterocycles. The van der Waals surface area contributed by atoms with Crippen molar-refractivity contribution in [1.29, 1.82) is 0 Å². The van der Waals surface area contributed by atoms with Crippen LogP contribution in [-0.4, -0.2) is 24.5 Å². The zero-order valence-corrected chi connectivity index (χ0v) is 13.0. The number of benzene rings is 1. The van der Waals surface area contributed by atoms with Crippen LogP contribution in [0.3, 0.4) is 0 Å². The van der Waals surface area contributed by atoms with Gasteiger partial charge in [-0.1, -0.05) is 0 Å². The number of halogens is 1. The summed E-state index contributed by atoms with van der Waals surface area (Å²) in [6.07, 6.45) is -0.515. The number of nitrogens with two attached hydrogens (primary N) is 1. The lowest BCUT2D eigenvalue weighted by atomic mass is 9.92. The molecule has 1 aromatic carbocycles. The number of fused-ring (bicyclic) bond motifs is 1. The summed E-state index contributed by atoms with van der Waals surface area (Å²) in [6.45, 7) is 5.47. The van der Waals surface area contributed by atoms with Gasteiger partial charge in [-0.25, -0.2) is 0 Å². The molecule has 2 rings (SSSR count). The first kappa shape index (κ1) is 17.3. The Balaban J connectivity index is 0.00000220. The zero-order chi connectivity index (χ0) is 14.9. The number of hydrogen-bond donors (Lipinski definition) is 3. The largest absolute Gasteiger partial charge is 0.479 e. The number of hydrogen-bond acceptors (Lipinski definition) is 4. The van der Waals surface area contributed by atoms with Crippen molar-refractivity contribution >= 4 is 35.6 Å². The topological polar surface area (TPSA) is 93.4 Å². The third-order valence-corrected chi connectivity index (χ3v) is 3.29. The summed E-state index contributed by atoms with van der Waals surface area (Å²) in [7, 11) is 0. The lowest BCUT2D eigenvalue weighted by Crippen LogP contribution is -2.37. The second-order valence-electron chi connectivity index (χ2n) is 5.50. The predicted molar refractivity (Wildman–Crippen MR) is 83.9 cm³/mol. The maximum Gasteiger partial charge on any atom is 0.265 e. The van der Waals surface area contributed by atoms with Crippen LogP contribution < -0.4 is 21.1 Å². The highest BCUT2D eigenvalue weighted by molar-refractivity contribution is 6.00. The van der Waals surface area contributed by atoms with Gasteiger partial charge in [0.05, 0.1) is 11.1 Å². The van der Waals surface area contributed by atoms with Gasteiger partial charge in [0.2, 0.25) is 5.91 Å². The molecule has 116 valence electrons. The van der Waals surface area contributed by atoms with E-state index < -0.39 is 11.5 Å². The Kier molecular flexibility index (Phi) is 5.20. The molecule has 7 heteroatoms. The predicted octanol–water partition coefficient (Wildman–Crippen LogP) is 1.75. The van der Waals surface area contributed by atoms with Crippen LogP contribution in [0.5, 0.6) is 5.75 Å². The van der Waals surface area contributed by atoms with Gasteiger partial charge in [-0.05, 0) is 39.0 Å². The Bertz CT molecular complexity index is 560. The van der Waals surface area contributed by atoms with E-state index in [1.54, 1.807) is 39.0 Å². The Morgan fingerprint density at radius 2 is 2.14 bits per heavy atom. The van der Waals surface area contributed by atoms with Gasteiger partial charge < -0.3 is 21.1 Å². The molecule has 0 aromatic heterocycles. The molecule has 1 aromatic rings. The molecule has 6 nitrogen and oxygen atoms in total. The van der Waals surface area contributed by atoms with Crippen molar-refractivity contribution in [2.75, 3.05) is 17.2 Å². The van der Waals surface area contributed by atoms with Crippen LogP contribution in [0.15, 0.2) is 18.2 Å². The first-order chi connectivity index (χ1) is 9.33. The number of ether oxygens (including phenoxy) is 1. The third-order valence-electron chi connectivity index (χ3n) is 3.29. The maximum atomic E-state index is 12.0. The summed E-state index contributed by atoms with van der Waals surface area (Å²) in [5, 5.41) is 5.52. The summed E-state index contributed by atoms with van der Waals surface area (Å²) < 4.78 is 5.45. The molecule has 2 amide bonds. The van der Waals surface area contributed by atoms with Gasteiger partial charge in [-0.15, -0.1) is 12.4 Å². The van der Waals surface area contributed by atoms with Gasteiger partial charge in [0.15, 0.2) is 6.10 Å². The fraction of sp³-hybridized carbons (Fsp3) is 0.429. The van der Waals surface area contributed by atoms with Gasteiger partial charge in [0, 0.05) is 12.2 Å². The number of carbonyl (C=O) groups is 2. The van der Waals surface area contributed by atoms with Crippen LogP contribution in [0, 0.1) is 5.41 Å². The van der Waals surface area contributed by atoms with E-state index in [4.69, 9.17) is 10.5 Å². The average molecular weight is 314 g/mol. The molecule has 0 aliphatic carbocycles. The molecule has 1 unspecified atom stereocenters. The first-order valence-corrected chi connectivity index (χ1v) is 6.46. The number of amides is 2. The van der Waals surface area contributed by atoms with Crippen molar-refractivity contribution in [3.8, 4) is 5.75 Å². The van der Waals surface area contributed by atoms with Crippen LogP contribution in [0.25, 0.3) is 0 Å². The van der Waals surface area contributed by atoms with Crippen LogP contribution in [0.4, 0.5) is 11.4 Å². The molecule has 1 atom stereocenters. The van der Waals surface area contributed by atoms with Gasteiger partial charge in [-0.2, -0.15) is 0 Å². The molecule has 0 fully saturated rings. The Morgan fingerprint density at radius 3 is 2.76 bits per heavy atom. The molecule has 0 spiro atoms. The fourth-order valence-corrected chi connectivity index (χ4v) is 1.68. The number of rotatable bonds is 3. The summed E-state index contributed by atoms with van der Waals surface area (Å²) in [5.74, 6) is 0.216. The fourth-order valence-electron chi connectivity index (χ4n) is 1.68. The van der Waals surface area contributed by atoms with Gasteiger partial charge in [0.25, 0.3) is 5.91 Å². The van der Waals surface area contributed by atoms with E-state index in [0.717, 1.165) is 0 Å². The highest BCUT2D eigenvalue weighted by atomic mass is 35.5. The quantitative estimate of drug-likeness (QED) is 0.792. The molecule has 4 N–H and O–H groups in total. The van der Waals surface area contributed by atoms with E-state index in [-0.39, 0.29) is 30.8 Å². The van der Waals surface area contributed by atoms with Crippen molar-refractivity contribution in [2.24, 2.45) is 11.1 Å². The molecule has 0 saturated carbocycles. The van der Waals surface area contributed by atoms with E-state index in [0.29, 0.717) is 17.1 Å². The van der Waals surface area contributed by atoms with Crippen molar-refractivity contribution in [1.82, 2.24) is 0 Å². The Morgan fingerprint density at radius 1 is 1.48 bits per heavy atom. The number of anilines is 2. The smallest absolute Gasteiger partial charge is 0.265 e. The van der Waals surface area contributed by atoms with Gasteiger partial charge >= 0.3 is 0 Å². The van der Waals surface area contributed by atoms with Crippen LogP contribution in [0.2, 0.25) is 0 Å². The van der Waals surface area contributed by atoms with E-state index in [1.165, 1.54) is 0 Å². The number of carbonyl (C=O) groups excluding carboxylic acids is 2. The Hall–Kier alpha value is -1.79. The second-order valence-corrected chi connectivity index (χ2v) is 5.50. The molecular weight excluding hydrogens is 294 g/mol. The molecule has 0 radical (unpaired) electrons. The highest BCUT2D eigenvalue weighted by Crippen LogP contribution is 2.32. The van der Waals surface area contributed by atoms with Gasteiger partial charge in [0.1, 0.15) is 5.75 Å². The van der Waals surface area contributed by atoms with Crippen LogP contribution in [0.1, 0.15) is 20.8 Å². The normalized spacial score (nSPS) is 17.0. The SMILES string of the molecule is CC1Oc2ccc(NC(=O)C(C)(C)CN)cc2NC1=O.Cl. The minimum Gasteiger partial charge on any atom is -0.479 e. The minimum atomic E-state index is -0.649. The van der Waals surface area contributed by atoms with E-state index in [1.807, 2.05) is 0 Å². The van der Waals surface area contributed by atoms with Crippen LogP contribution >= 0.6 is 12.4 Å². The molecule has 1 aliphatic heterocycles. The second kappa shape index (κ2) is 6.32. The summed E-state index contributed by atoms with van der Waals surface area (Å²) in [5.41, 5.74) is 6.06. The summed E-state index contributed by atoms with van der Waals surface area (Å²) in [6, 6.07) is 5.12. The molecular formula is C14H20ClN3O3. The zero-order valence-electron chi connectivity index (χ0n) is 12.2. The van der Waals surface area contributed by atoms with Crippen molar-refractivity contribution in [3.63, 3.8) is 0 Å². The molecule has 1 heterocycles. The first-order valence-electron chi connectivity index (χ1n) is 6.46. The van der Waals surface area contributed by atoms with Gasteiger partial charge in [-0.3, -0.25) is 9.59 Å².